The van der Waals surface area contributed by atoms with Crippen molar-refractivity contribution in [3.05, 3.63) is 40.5 Å². The predicted molar refractivity (Wildman–Crippen MR) is 64.0 cm³/mol. The molecule has 0 saturated carbocycles. The lowest BCUT2D eigenvalue weighted by Gasteiger charge is -2.06. The third-order valence-electron chi connectivity index (χ3n) is 2.62. The van der Waals surface area contributed by atoms with Gasteiger partial charge in [-0.05, 0) is 12.1 Å². The normalized spacial score (nSPS) is 11.6. The van der Waals surface area contributed by atoms with E-state index in [2.05, 4.69) is 5.10 Å². The highest BCUT2D eigenvalue weighted by molar-refractivity contribution is 6.32. The zero-order valence-corrected chi connectivity index (χ0v) is 10.5. The lowest BCUT2D eigenvalue weighted by atomic mass is 10.1. The standard InChI is InChI=1S/C12H8ClF3N2O/c1-18-11(13)9(6-19)10(17-18)7-2-4-8(5-3-7)12(14,15)16/h2-6H,1H3. The number of halogens is 4. The number of rotatable bonds is 2. The molecule has 7 heteroatoms. The van der Waals surface area contributed by atoms with Gasteiger partial charge in [0.15, 0.2) is 6.29 Å². The van der Waals surface area contributed by atoms with Crippen molar-refractivity contribution in [2.45, 2.75) is 6.18 Å². The van der Waals surface area contributed by atoms with Gasteiger partial charge in [0.25, 0.3) is 0 Å². The summed E-state index contributed by atoms with van der Waals surface area (Å²) in [7, 11) is 1.54. The van der Waals surface area contributed by atoms with Crippen LogP contribution in [0, 0.1) is 0 Å². The van der Waals surface area contributed by atoms with Crippen LogP contribution in [0.4, 0.5) is 13.2 Å². The Morgan fingerprint density at radius 3 is 2.32 bits per heavy atom. The average molecular weight is 289 g/mol. The van der Waals surface area contributed by atoms with Crippen LogP contribution in [0.5, 0.6) is 0 Å². The minimum Gasteiger partial charge on any atom is -0.298 e. The van der Waals surface area contributed by atoms with Crippen molar-refractivity contribution in [1.82, 2.24) is 9.78 Å². The Labute approximate surface area is 111 Å². The number of aromatic nitrogens is 2. The number of carbonyl (C=O) groups is 1. The van der Waals surface area contributed by atoms with E-state index in [0.717, 1.165) is 12.1 Å². The Balaban J connectivity index is 2.49. The molecule has 0 N–H and O–H groups in total. The zero-order chi connectivity index (χ0) is 14.2. The molecule has 0 amide bonds. The van der Waals surface area contributed by atoms with E-state index in [9.17, 15) is 18.0 Å². The van der Waals surface area contributed by atoms with Crippen molar-refractivity contribution in [3.8, 4) is 11.3 Å². The van der Waals surface area contributed by atoms with Crippen LogP contribution in [0.1, 0.15) is 15.9 Å². The minimum absolute atomic E-state index is 0.143. The molecule has 1 heterocycles. The third kappa shape index (κ3) is 2.49. The molecule has 2 rings (SSSR count). The molecule has 1 aromatic heterocycles. The van der Waals surface area contributed by atoms with Gasteiger partial charge >= 0.3 is 6.18 Å². The first-order chi connectivity index (χ1) is 8.84. The molecule has 0 saturated heterocycles. The molecule has 0 aliphatic heterocycles. The molecule has 19 heavy (non-hydrogen) atoms. The van der Waals surface area contributed by atoms with Crippen molar-refractivity contribution in [3.63, 3.8) is 0 Å². The first kappa shape index (κ1) is 13.6. The second-order valence-electron chi connectivity index (χ2n) is 3.87. The fraction of sp³-hybridized carbons (Fsp3) is 0.167. The summed E-state index contributed by atoms with van der Waals surface area (Å²) in [5.74, 6) is 0. The van der Waals surface area contributed by atoms with Crippen LogP contribution in [0.25, 0.3) is 11.3 Å². The van der Waals surface area contributed by atoms with Crippen molar-refractivity contribution in [2.24, 2.45) is 7.05 Å². The molecule has 100 valence electrons. The van der Waals surface area contributed by atoms with Gasteiger partial charge in [-0.15, -0.1) is 0 Å². The SMILES string of the molecule is Cn1nc(-c2ccc(C(F)(F)F)cc2)c(C=O)c1Cl. The van der Waals surface area contributed by atoms with Crippen molar-refractivity contribution < 1.29 is 18.0 Å². The van der Waals surface area contributed by atoms with Crippen LogP contribution in [0.15, 0.2) is 24.3 Å². The van der Waals surface area contributed by atoms with E-state index in [-0.39, 0.29) is 16.4 Å². The van der Waals surface area contributed by atoms with Crippen LogP contribution < -0.4 is 0 Å². The van der Waals surface area contributed by atoms with E-state index in [1.807, 2.05) is 0 Å². The van der Waals surface area contributed by atoms with Crippen LogP contribution >= 0.6 is 11.6 Å². The molecule has 0 unspecified atom stereocenters. The molecule has 2 aromatic rings. The van der Waals surface area contributed by atoms with Gasteiger partial charge in [0.2, 0.25) is 0 Å². The number of hydrogen-bond acceptors (Lipinski definition) is 2. The molecule has 0 aliphatic rings. The van der Waals surface area contributed by atoms with Crippen molar-refractivity contribution in [2.75, 3.05) is 0 Å². The molecule has 3 nitrogen and oxygen atoms in total. The summed E-state index contributed by atoms with van der Waals surface area (Å²) >= 11 is 5.86. The summed E-state index contributed by atoms with van der Waals surface area (Å²) in [5, 5.41) is 4.16. The summed E-state index contributed by atoms with van der Waals surface area (Å²) in [6.45, 7) is 0. The molecule has 1 aromatic carbocycles. The quantitative estimate of drug-likeness (QED) is 0.792. The third-order valence-corrected chi connectivity index (χ3v) is 3.06. The number of hydrogen-bond donors (Lipinski definition) is 0. The molecular formula is C12H8ClF3N2O. The Morgan fingerprint density at radius 2 is 1.84 bits per heavy atom. The lowest BCUT2D eigenvalue weighted by Crippen LogP contribution is -2.04. The number of aryl methyl sites for hydroxylation is 1. The number of alkyl halides is 3. The monoisotopic (exact) mass is 288 g/mol. The van der Waals surface area contributed by atoms with Crippen LogP contribution in [0.2, 0.25) is 5.15 Å². The van der Waals surface area contributed by atoms with E-state index < -0.39 is 11.7 Å². The Hall–Kier alpha value is -1.82. The molecule has 0 aliphatic carbocycles. The van der Waals surface area contributed by atoms with Gasteiger partial charge < -0.3 is 0 Å². The number of carbonyl (C=O) groups excluding carboxylic acids is 1. The lowest BCUT2D eigenvalue weighted by molar-refractivity contribution is -0.137. The maximum Gasteiger partial charge on any atom is 0.416 e. The van der Waals surface area contributed by atoms with Gasteiger partial charge in [0, 0.05) is 12.6 Å². The van der Waals surface area contributed by atoms with Crippen molar-refractivity contribution in [1.29, 1.82) is 0 Å². The smallest absolute Gasteiger partial charge is 0.298 e. The largest absolute Gasteiger partial charge is 0.416 e. The highest BCUT2D eigenvalue weighted by atomic mass is 35.5. The van der Waals surface area contributed by atoms with Crippen molar-refractivity contribution >= 4 is 17.9 Å². The Kier molecular flexibility index (Phi) is 3.36. The summed E-state index contributed by atoms with van der Waals surface area (Å²) in [5.41, 5.74) is 0.0590. The second kappa shape index (κ2) is 4.70. The van der Waals surface area contributed by atoms with Gasteiger partial charge in [-0.1, -0.05) is 23.7 Å². The fourth-order valence-electron chi connectivity index (χ4n) is 1.65. The zero-order valence-electron chi connectivity index (χ0n) is 9.70. The first-order valence-electron chi connectivity index (χ1n) is 5.20. The molecule has 0 bridgehead atoms. The average Bonchev–Trinajstić information content (AvgIpc) is 2.64. The summed E-state index contributed by atoms with van der Waals surface area (Å²) < 4.78 is 38.6. The Morgan fingerprint density at radius 1 is 1.26 bits per heavy atom. The minimum atomic E-state index is -4.40. The van der Waals surface area contributed by atoms with E-state index in [1.165, 1.54) is 16.8 Å². The van der Waals surface area contributed by atoms with Gasteiger partial charge in [-0.3, -0.25) is 9.48 Å². The molecule has 0 radical (unpaired) electrons. The van der Waals surface area contributed by atoms with Crippen LogP contribution in [-0.4, -0.2) is 16.1 Å². The summed E-state index contributed by atoms with van der Waals surface area (Å²) in [6.07, 6.45) is -3.86. The maximum atomic E-state index is 12.4. The van der Waals surface area contributed by atoms with E-state index in [1.54, 1.807) is 7.05 Å². The number of nitrogens with zero attached hydrogens (tertiary/aromatic N) is 2. The topological polar surface area (TPSA) is 34.9 Å². The number of aldehydes is 1. The molecular weight excluding hydrogens is 281 g/mol. The highest BCUT2D eigenvalue weighted by Gasteiger charge is 2.30. The van der Waals surface area contributed by atoms with Gasteiger partial charge in [0.05, 0.1) is 11.1 Å². The van der Waals surface area contributed by atoms with Crippen LogP contribution in [-0.2, 0) is 13.2 Å². The van der Waals surface area contributed by atoms with E-state index >= 15 is 0 Å². The number of benzene rings is 1. The molecule has 0 fully saturated rings. The van der Waals surface area contributed by atoms with Gasteiger partial charge in [-0.2, -0.15) is 18.3 Å². The molecule has 0 atom stereocenters. The van der Waals surface area contributed by atoms with Crippen LogP contribution in [0.3, 0.4) is 0 Å². The van der Waals surface area contributed by atoms with Gasteiger partial charge in [-0.25, -0.2) is 0 Å². The maximum absolute atomic E-state index is 12.4. The van der Waals surface area contributed by atoms with E-state index in [4.69, 9.17) is 11.6 Å². The highest BCUT2D eigenvalue weighted by Crippen LogP contribution is 2.32. The van der Waals surface area contributed by atoms with E-state index in [0.29, 0.717) is 11.8 Å². The Bertz CT molecular complexity index is 617. The first-order valence-corrected chi connectivity index (χ1v) is 5.57. The second-order valence-corrected chi connectivity index (χ2v) is 4.23. The summed E-state index contributed by atoms with van der Waals surface area (Å²) in [6, 6.07) is 4.39. The predicted octanol–water partition coefficient (Wildman–Crippen LogP) is 3.57. The molecule has 0 spiro atoms. The summed E-state index contributed by atoms with van der Waals surface area (Å²) in [4.78, 5) is 10.9. The fourth-order valence-corrected chi connectivity index (χ4v) is 1.83. The van der Waals surface area contributed by atoms with Gasteiger partial charge in [0.1, 0.15) is 10.8 Å².